The van der Waals surface area contributed by atoms with Gasteiger partial charge in [0, 0.05) is 11.6 Å². The van der Waals surface area contributed by atoms with Crippen molar-refractivity contribution >= 4 is 27.1 Å². The molecule has 0 aliphatic rings. The van der Waals surface area contributed by atoms with Crippen LogP contribution in [-0.4, -0.2) is 23.2 Å². The molecule has 0 aliphatic heterocycles. The molecule has 0 bridgehead atoms. The Morgan fingerprint density at radius 1 is 1.40 bits per heavy atom. The number of benzene rings is 1. The van der Waals surface area contributed by atoms with Crippen molar-refractivity contribution < 1.29 is 8.42 Å². The van der Waals surface area contributed by atoms with Crippen molar-refractivity contribution in [1.82, 2.24) is 14.8 Å². The van der Waals surface area contributed by atoms with Gasteiger partial charge in [-0.15, -0.1) is 0 Å². The third-order valence-corrected chi connectivity index (χ3v) is 4.66. The second-order valence-electron chi connectivity index (χ2n) is 4.34. The van der Waals surface area contributed by atoms with Crippen molar-refractivity contribution in [3.05, 3.63) is 35.4 Å². The Balaban J connectivity index is 2.36. The van der Waals surface area contributed by atoms with Crippen molar-refractivity contribution in [3.63, 3.8) is 0 Å². The molecule has 1 heterocycles. The fourth-order valence-electron chi connectivity index (χ4n) is 1.82. The molecule has 0 spiro atoms. The standard InChI is InChI=1S/C12H15ClN4O2S/c1-2-5-17-12(15-8-16-17)7-20(18,19)11-6-9(13)3-4-10(11)14/h3-4,6,8H,2,5,7,14H2,1H3. The van der Waals surface area contributed by atoms with Crippen molar-refractivity contribution in [2.75, 3.05) is 5.73 Å². The number of hydrogen-bond donors (Lipinski definition) is 1. The lowest BCUT2D eigenvalue weighted by Crippen LogP contribution is -2.13. The maximum absolute atomic E-state index is 12.4. The topological polar surface area (TPSA) is 90.9 Å². The first kappa shape index (κ1) is 14.8. The van der Waals surface area contributed by atoms with Crippen LogP contribution in [-0.2, 0) is 22.1 Å². The summed E-state index contributed by atoms with van der Waals surface area (Å²) in [5, 5.41) is 4.33. The molecule has 0 atom stereocenters. The van der Waals surface area contributed by atoms with Gasteiger partial charge >= 0.3 is 0 Å². The highest BCUT2D eigenvalue weighted by atomic mass is 35.5. The molecule has 20 heavy (non-hydrogen) atoms. The number of anilines is 1. The molecule has 0 saturated carbocycles. The van der Waals surface area contributed by atoms with Gasteiger partial charge in [0.25, 0.3) is 0 Å². The minimum Gasteiger partial charge on any atom is -0.398 e. The molecule has 2 aromatic rings. The summed E-state index contributed by atoms with van der Waals surface area (Å²) in [6.07, 6.45) is 2.19. The second kappa shape index (κ2) is 5.80. The first-order chi connectivity index (χ1) is 9.44. The van der Waals surface area contributed by atoms with Crippen molar-refractivity contribution in [2.45, 2.75) is 30.5 Å². The number of aromatic nitrogens is 3. The molecular weight excluding hydrogens is 300 g/mol. The van der Waals surface area contributed by atoms with Gasteiger partial charge in [0.2, 0.25) is 0 Å². The number of nitrogens with zero attached hydrogens (tertiary/aromatic N) is 3. The fraction of sp³-hybridized carbons (Fsp3) is 0.333. The smallest absolute Gasteiger partial charge is 0.187 e. The maximum atomic E-state index is 12.4. The molecule has 0 aliphatic carbocycles. The van der Waals surface area contributed by atoms with Crippen LogP contribution in [0, 0.1) is 0 Å². The predicted octanol–water partition coefficient (Wildman–Crippen LogP) is 1.90. The number of nitrogen functional groups attached to an aromatic ring is 1. The van der Waals surface area contributed by atoms with E-state index in [2.05, 4.69) is 10.1 Å². The first-order valence-corrected chi connectivity index (χ1v) is 8.11. The van der Waals surface area contributed by atoms with Crippen LogP contribution >= 0.6 is 11.6 Å². The van der Waals surface area contributed by atoms with Gasteiger partial charge in [0.1, 0.15) is 17.9 Å². The highest BCUT2D eigenvalue weighted by Gasteiger charge is 2.21. The Morgan fingerprint density at radius 2 is 2.15 bits per heavy atom. The van der Waals surface area contributed by atoms with Gasteiger partial charge in [0.15, 0.2) is 9.84 Å². The number of aryl methyl sites for hydroxylation is 1. The molecule has 1 aromatic heterocycles. The van der Waals surface area contributed by atoms with Gasteiger partial charge in [-0.25, -0.2) is 18.1 Å². The Hall–Kier alpha value is -1.60. The van der Waals surface area contributed by atoms with Crippen LogP contribution < -0.4 is 5.73 Å². The van der Waals surface area contributed by atoms with E-state index < -0.39 is 9.84 Å². The number of sulfone groups is 1. The first-order valence-electron chi connectivity index (χ1n) is 6.08. The Morgan fingerprint density at radius 3 is 2.85 bits per heavy atom. The van der Waals surface area contributed by atoms with Gasteiger partial charge in [-0.05, 0) is 24.6 Å². The van der Waals surface area contributed by atoms with Crippen LogP contribution in [0.15, 0.2) is 29.4 Å². The van der Waals surface area contributed by atoms with Gasteiger partial charge < -0.3 is 5.73 Å². The van der Waals surface area contributed by atoms with Crippen molar-refractivity contribution in [1.29, 1.82) is 0 Å². The summed E-state index contributed by atoms with van der Waals surface area (Å²) < 4.78 is 26.4. The number of halogens is 1. The zero-order valence-electron chi connectivity index (χ0n) is 11.0. The quantitative estimate of drug-likeness (QED) is 0.851. The van der Waals surface area contributed by atoms with E-state index in [1.54, 1.807) is 10.7 Å². The zero-order chi connectivity index (χ0) is 14.8. The van der Waals surface area contributed by atoms with Gasteiger partial charge in [0.05, 0.1) is 10.6 Å². The number of rotatable bonds is 5. The van der Waals surface area contributed by atoms with Crippen LogP contribution in [0.5, 0.6) is 0 Å². The van der Waals surface area contributed by atoms with Crippen LogP contribution in [0.4, 0.5) is 5.69 Å². The lowest BCUT2D eigenvalue weighted by Gasteiger charge is -2.08. The van der Waals surface area contributed by atoms with Gasteiger partial charge in [-0.3, -0.25) is 0 Å². The van der Waals surface area contributed by atoms with E-state index in [0.29, 0.717) is 17.4 Å². The second-order valence-corrected chi connectivity index (χ2v) is 6.74. The molecule has 6 nitrogen and oxygen atoms in total. The molecule has 0 fully saturated rings. The average molecular weight is 315 g/mol. The molecule has 0 amide bonds. The summed E-state index contributed by atoms with van der Waals surface area (Å²) in [5.41, 5.74) is 5.90. The van der Waals surface area contributed by atoms with E-state index >= 15 is 0 Å². The minimum absolute atomic E-state index is 0.0241. The monoisotopic (exact) mass is 314 g/mol. The summed E-state index contributed by atoms with van der Waals surface area (Å²) in [6, 6.07) is 4.38. The molecular formula is C12H15ClN4O2S. The number of nitrogens with two attached hydrogens (primary N) is 1. The van der Waals surface area contributed by atoms with Crippen molar-refractivity contribution in [3.8, 4) is 0 Å². The molecule has 2 rings (SSSR count). The minimum atomic E-state index is -3.61. The van der Waals surface area contributed by atoms with Gasteiger partial charge in [-0.1, -0.05) is 18.5 Å². The normalized spacial score (nSPS) is 11.7. The van der Waals surface area contributed by atoms with Crippen LogP contribution in [0.2, 0.25) is 5.02 Å². The van der Waals surface area contributed by atoms with E-state index in [9.17, 15) is 8.42 Å². The lowest BCUT2D eigenvalue weighted by molar-refractivity contribution is 0.566. The third-order valence-electron chi connectivity index (χ3n) is 2.76. The third kappa shape index (κ3) is 3.10. The zero-order valence-corrected chi connectivity index (χ0v) is 12.5. The largest absolute Gasteiger partial charge is 0.398 e. The van der Waals surface area contributed by atoms with E-state index in [1.807, 2.05) is 6.92 Å². The summed E-state index contributed by atoms with van der Waals surface area (Å²) in [4.78, 5) is 4.02. The molecule has 0 unspecified atom stereocenters. The van der Waals surface area contributed by atoms with Crippen molar-refractivity contribution in [2.24, 2.45) is 0 Å². The fourth-order valence-corrected chi connectivity index (χ4v) is 3.51. The summed E-state index contributed by atoms with van der Waals surface area (Å²) in [6.45, 7) is 2.60. The van der Waals surface area contributed by atoms with E-state index in [1.165, 1.54) is 18.5 Å². The Kier molecular flexibility index (Phi) is 4.29. The molecule has 108 valence electrons. The Labute approximate surface area is 122 Å². The predicted molar refractivity (Wildman–Crippen MR) is 77.1 cm³/mol. The average Bonchev–Trinajstić information content (AvgIpc) is 2.79. The number of hydrogen-bond acceptors (Lipinski definition) is 5. The summed E-state index contributed by atoms with van der Waals surface area (Å²) >= 11 is 5.83. The molecule has 1 aromatic carbocycles. The van der Waals surface area contributed by atoms with E-state index in [4.69, 9.17) is 17.3 Å². The SMILES string of the molecule is CCCn1ncnc1CS(=O)(=O)c1cc(Cl)ccc1N. The van der Waals surface area contributed by atoms with Crippen LogP contribution in [0.25, 0.3) is 0 Å². The van der Waals surface area contributed by atoms with Crippen LogP contribution in [0.3, 0.4) is 0 Å². The van der Waals surface area contributed by atoms with Crippen LogP contribution in [0.1, 0.15) is 19.2 Å². The summed E-state index contributed by atoms with van der Waals surface area (Å²) in [7, 11) is -3.61. The summed E-state index contributed by atoms with van der Waals surface area (Å²) in [5.74, 6) is 0.142. The van der Waals surface area contributed by atoms with E-state index in [-0.39, 0.29) is 16.3 Å². The maximum Gasteiger partial charge on any atom is 0.187 e. The Bertz CT molecular complexity index is 712. The highest BCUT2D eigenvalue weighted by molar-refractivity contribution is 7.90. The molecule has 2 N–H and O–H groups in total. The molecule has 8 heteroatoms. The highest BCUT2D eigenvalue weighted by Crippen LogP contribution is 2.25. The van der Waals surface area contributed by atoms with E-state index in [0.717, 1.165) is 6.42 Å². The molecule has 0 radical (unpaired) electrons. The van der Waals surface area contributed by atoms with Gasteiger partial charge in [-0.2, -0.15) is 5.10 Å². The molecule has 0 saturated heterocycles. The lowest BCUT2D eigenvalue weighted by atomic mass is 10.3.